The summed E-state index contributed by atoms with van der Waals surface area (Å²) in [6.07, 6.45) is 2.06. The number of halogens is 1. The molecule has 3 heterocycles. The van der Waals surface area contributed by atoms with Crippen LogP contribution in [0.3, 0.4) is 0 Å². The van der Waals surface area contributed by atoms with Crippen molar-refractivity contribution in [2.24, 2.45) is 0 Å². The van der Waals surface area contributed by atoms with Crippen LogP contribution >= 0.6 is 0 Å². The average molecular weight is 559 g/mol. The van der Waals surface area contributed by atoms with Gasteiger partial charge in [0, 0.05) is 61.0 Å². The maximum Gasteiger partial charge on any atom is 0.328 e. The van der Waals surface area contributed by atoms with E-state index in [2.05, 4.69) is 20.5 Å². The van der Waals surface area contributed by atoms with E-state index in [4.69, 9.17) is 14.9 Å². The van der Waals surface area contributed by atoms with Gasteiger partial charge in [-0.3, -0.25) is 14.5 Å². The number of amides is 2. The monoisotopic (exact) mass is 558 g/mol. The van der Waals surface area contributed by atoms with Gasteiger partial charge in [-0.2, -0.15) is 0 Å². The number of hydrogen-bond donors (Lipinski definition) is 6. The van der Waals surface area contributed by atoms with Crippen molar-refractivity contribution >= 4 is 41.1 Å². The molecule has 0 spiro atoms. The van der Waals surface area contributed by atoms with E-state index in [9.17, 15) is 28.7 Å². The number of carbonyl (C=O) groups excluding carboxylic acids is 2. The summed E-state index contributed by atoms with van der Waals surface area (Å²) >= 11 is 0. The summed E-state index contributed by atoms with van der Waals surface area (Å²) in [7, 11) is 0. The molecule has 2 aromatic rings. The molecule has 0 unspecified atom stereocenters. The quantitative estimate of drug-likeness (QED) is 0.261. The first-order valence-corrected chi connectivity index (χ1v) is 12.4. The molecule has 2 amide bonds. The Hall–Kier alpha value is -4.33. The van der Waals surface area contributed by atoms with Crippen LogP contribution in [0.25, 0.3) is 11.6 Å². The molecule has 12 nitrogen and oxygen atoms in total. The molecule has 0 saturated carbocycles. The molecule has 1 atom stereocenters. The number of hydrogen-bond acceptors (Lipinski definition) is 7. The third-order valence-electron chi connectivity index (χ3n) is 6.20. The van der Waals surface area contributed by atoms with Gasteiger partial charge in [0.25, 0.3) is 11.8 Å². The van der Waals surface area contributed by atoms with Crippen LogP contribution in [0.1, 0.15) is 32.9 Å². The number of H-pyrrole nitrogens is 1. The molecule has 0 radical (unpaired) electrons. The summed E-state index contributed by atoms with van der Waals surface area (Å²) in [4.78, 5) is 49.6. The Labute approximate surface area is 229 Å². The molecule has 4 rings (SSSR count). The van der Waals surface area contributed by atoms with E-state index in [0.717, 1.165) is 13.1 Å². The SMILES string of the molecule is Cc1[nH]c(C=C2C(=O)Nc3ccc(F)cc32)c(C)c1C(=O)NC[C@H](O)CN1CCOCC1.O=C(O)C=CC(=O)O. The Bertz CT molecular complexity index is 1330. The molecule has 2 aliphatic rings. The molecule has 1 fully saturated rings. The van der Waals surface area contributed by atoms with Gasteiger partial charge in [-0.05, 0) is 43.7 Å². The van der Waals surface area contributed by atoms with E-state index in [1.807, 2.05) is 0 Å². The van der Waals surface area contributed by atoms with Crippen LogP contribution in [0.2, 0.25) is 0 Å². The van der Waals surface area contributed by atoms with Crippen LogP contribution < -0.4 is 10.6 Å². The fraction of sp³-hybridized carbons (Fsp3) is 0.333. The maximum atomic E-state index is 13.7. The Balaban J connectivity index is 0.000000482. The normalized spacial score (nSPS) is 16.7. The molecule has 0 bridgehead atoms. The third-order valence-corrected chi connectivity index (χ3v) is 6.20. The fourth-order valence-corrected chi connectivity index (χ4v) is 4.29. The van der Waals surface area contributed by atoms with E-state index < -0.39 is 23.9 Å². The van der Waals surface area contributed by atoms with Gasteiger partial charge in [0.15, 0.2) is 0 Å². The zero-order chi connectivity index (χ0) is 29.4. The Morgan fingerprint density at radius 1 is 1.15 bits per heavy atom. The standard InChI is InChI=1S/C23H27FN4O4.C4H4O4/c1-13-20(10-18-17-9-15(24)3-4-19(17)27-22(18)30)26-14(2)21(13)23(31)25-11-16(29)12-28-5-7-32-8-6-28;5-3(6)1-2-4(7)8/h3-4,9-10,16,26,29H,5-8,11-12H2,1-2H3,(H,25,31)(H,27,30);1-2H,(H,5,6)(H,7,8)/t16-;/m0./s1. The average Bonchev–Trinajstić information content (AvgIpc) is 3.36. The number of β-amino-alcohol motifs (C(OH)–C–C–N with tert-alkyl or cyclic N) is 1. The van der Waals surface area contributed by atoms with Crippen molar-refractivity contribution in [2.45, 2.75) is 20.0 Å². The zero-order valence-corrected chi connectivity index (χ0v) is 22.0. The molecule has 1 saturated heterocycles. The first-order chi connectivity index (χ1) is 19.0. The molecular formula is C27H31FN4O8. The van der Waals surface area contributed by atoms with Gasteiger partial charge in [0.1, 0.15) is 5.82 Å². The van der Waals surface area contributed by atoms with Crippen LogP contribution in [0.4, 0.5) is 10.1 Å². The second-order valence-corrected chi connectivity index (χ2v) is 9.15. The topological polar surface area (TPSA) is 181 Å². The molecule has 1 aromatic carbocycles. The van der Waals surface area contributed by atoms with Crippen LogP contribution in [-0.4, -0.2) is 94.5 Å². The summed E-state index contributed by atoms with van der Waals surface area (Å²) in [6, 6.07) is 4.13. The summed E-state index contributed by atoms with van der Waals surface area (Å²) in [5.74, 6) is -3.57. The first-order valence-electron chi connectivity index (χ1n) is 12.4. The number of ether oxygens (including phenoxy) is 1. The number of benzene rings is 1. The lowest BCUT2D eigenvalue weighted by Gasteiger charge is -2.28. The number of morpholine rings is 1. The number of anilines is 1. The highest BCUT2D eigenvalue weighted by molar-refractivity contribution is 6.34. The number of nitrogens with one attached hydrogen (secondary N) is 3. The molecule has 214 valence electrons. The number of aliphatic hydroxyl groups is 1. The second-order valence-electron chi connectivity index (χ2n) is 9.15. The molecule has 1 aromatic heterocycles. The van der Waals surface area contributed by atoms with Gasteiger partial charge < -0.3 is 35.7 Å². The largest absolute Gasteiger partial charge is 0.478 e. The number of aromatic amines is 1. The summed E-state index contributed by atoms with van der Waals surface area (Å²) in [5, 5.41) is 31.4. The number of carboxylic acids is 2. The van der Waals surface area contributed by atoms with Crippen molar-refractivity contribution in [3.05, 3.63) is 64.2 Å². The van der Waals surface area contributed by atoms with Gasteiger partial charge in [0.05, 0.1) is 30.5 Å². The lowest BCUT2D eigenvalue weighted by Crippen LogP contribution is -2.44. The number of carboxylic acid groups (broad SMARTS) is 2. The van der Waals surface area contributed by atoms with Gasteiger partial charge in [-0.1, -0.05) is 0 Å². The minimum Gasteiger partial charge on any atom is -0.478 e. The zero-order valence-electron chi connectivity index (χ0n) is 22.0. The van der Waals surface area contributed by atoms with Crippen LogP contribution in [0.15, 0.2) is 30.4 Å². The smallest absolute Gasteiger partial charge is 0.328 e. The number of aliphatic carboxylic acids is 2. The summed E-state index contributed by atoms with van der Waals surface area (Å²) in [5.41, 5.74) is 3.75. The lowest BCUT2D eigenvalue weighted by atomic mass is 10.0. The van der Waals surface area contributed by atoms with E-state index >= 15 is 0 Å². The highest BCUT2D eigenvalue weighted by Gasteiger charge is 2.26. The number of aromatic nitrogens is 1. The van der Waals surface area contributed by atoms with Crippen molar-refractivity contribution < 1.29 is 43.6 Å². The summed E-state index contributed by atoms with van der Waals surface area (Å²) in [6.45, 7) is 6.98. The van der Waals surface area contributed by atoms with Gasteiger partial charge >= 0.3 is 11.9 Å². The third kappa shape index (κ3) is 8.09. The molecule has 0 aliphatic carbocycles. The number of rotatable bonds is 8. The van der Waals surface area contributed by atoms with Crippen molar-refractivity contribution in [2.75, 3.05) is 44.7 Å². The number of fused-ring (bicyclic) bond motifs is 1. The Kier molecular flexibility index (Phi) is 10.3. The van der Waals surface area contributed by atoms with Crippen molar-refractivity contribution in [3.63, 3.8) is 0 Å². The highest BCUT2D eigenvalue weighted by Crippen LogP contribution is 2.34. The number of carbonyl (C=O) groups is 4. The van der Waals surface area contributed by atoms with Crippen LogP contribution in [-0.2, 0) is 19.1 Å². The minimum atomic E-state index is -1.26. The number of aryl methyl sites for hydroxylation is 1. The van der Waals surface area contributed by atoms with Crippen molar-refractivity contribution in [1.29, 1.82) is 0 Å². The fourth-order valence-electron chi connectivity index (χ4n) is 4.29. The molecule has 6 N–H and O–H groups in total. The van der Waals surface area contributed by atoms with E-state index in [0.29, 0.717) is 71.2 Å². The first kappa shape index (κ1) is 30.2. The highest BCUT2D eigenvalue weighted by atomic mass is 19.1. The Morgan fingerprint density at radius 3 is 2.42 bits per heavy atom. The van der Waals surface area contributed by atoms with Gasteiger partial charge in [-0.25, -0.2) is 14.0 Å². The maximum absolute atomic E-state index is 13.7. The lowest BCUT2D eigenvalue weighted by molar-refractivity contribution is -0.134. The predicted molar refractivity (Wildman–Crippen MR) is 143 cm³/mol. The van der Waals surface area contributed by atoms with Crippen LogP contribution in [0, 0.1) is 19.7 Å². The van der Waals surface area contributed by atoms with E-state index in [1.54, 1.807) is 19.9 Å². The van der Waals surface area contributed by atoms with Crippen molar-refractivity contribution in [1.82, 2.24) is 15.2 Å². The predicted octanol–water partition coefficient (Wildman–Crippen LogP) is 1.40. The minimum absolute atomic E-state index is 0.131. The molecule has 13 heteroatoms. The second kappa shape index (κ2) is 13.6. The van der Waals surface area contributed by atoms with Gasteiger partial charge in [0.2, 0.25) is 0 Å². The van der Waals surface area contributed by atoms with Gasteiger partial charge in [-0.15, -0.1) is 0 Å². The van der Waals surface area contributed by atoms with Crippen LogP contribution in [0.5, 0.6) is 0 Å². The van der Waals surface area contributed by atoms with E-state index in [-0.39, 0.29) is 18.4 Å². The number of nitrogens with zero attached hydrogens (tertiary/aromatic N) is 1. The number of aliphatic hydroxyl groups excluding tert-OH is 1. The van der Waals surface area contributed by atoms with E-state index in [1.165, 1.54) is 18.2 Å². The summed E-state index contributed by atoms with van der Waals surface area (Å²) < 4.78 is 19.0. The Morgan fingerprint density at radius 2 is 1.80 bits per heavy atom. The molecule has 2 aliphatic heterocycles. The molecule has 40 heavy (non-hydrogen) atoms. The molecular weight excluding hydrogens is 527 g/mol. The van der Waals surface area contributed by atoms with Crippen molar-refractivity contribution in [3.8, 4) is 0 Å².